The summed E-state index contributed by atoms with van der Waals surface area (Å²) in [6, 6.07) is 5.73. The molecule has 1 fully saturated rings. The molecule has 0 saturated carbocycles. The summed E-state index contributed by atoms with van der Waals surface area (Å²) in [5.41, 5.74) is 2.09. The lowest BCUT2D eigenvalue weighted by Gasteiger charge is -2.16. The summed E-state index contributed by atoms with van der Waals surface area (Å²) in [6.07, 6.45) is 0.103. The summed E-state index contributed by atoms with van der Waals surface area (Å²) in [7, 11) is 0. The van der Waals surface area contributed by atoms with E-state index in [0.29, 0.717) is 12.2 Å². The standard InChI is InChI=1S/C16H15ClFN3O2/c1-9-5-10(2)20(19-9)8-11-6-15(22)21(16(11)23)12-3-4-14(18)13(17)7-12/h3-5,7,11H,6,8H2,1-2H3/t11-/m0/s1. The van der Waals surface area contributed by atoms with Gasteiger partial charge in [-0.15, -0.1) is 0 Å². The molecule has 0 radical (unpaired) electrons. The summed E-state index contributed by atoms with van der Waals surface area (Å²) >= 11 is 5.74. The second-order valence-corrected chi connectivity index (χ2v) is 6.08. The Morgan fingerprint density at radius 1 is 1.30 bits per heavy atom. The van der Waals surface area contributed by atoms with Gasteiger partial charge in [-0.3, -0.25) is 19.2 Å². The molecule has 120 valence electrons. The average Bonchev–Trinajstić information content (AvgIpc) is 2.93. The number of hydrogen-bond acceptors (Lipinski definition) is 3. The Kier molecular flexibility index (Phi) is 3.93. The lowest BCUT2D eigenvalue weighted by Crippen LogP contribution is -2.31. The van der Waals surface area contributed by atoms with Gasteiger partial charge in [-0.25, -0.2) is 4.39 Å². The van der Waals surface area contributed by atoms with Crippen LogP contribution in [-0.4, -0.2) is 21.6 Å². The highest BCUT2D eigenvalue weighted by Crippen LogP contribution is 2.30. The third-order valence-electron chi connectivity index (χ3n) is 3.90. The zero-order valence-corrected chi connectivity index (χ0v) is 13.5. The third-order valence-corrected chi connectivity index (χ3v) is 4.19. The summed E-state index contributed by atoms with van der Waals surface area (Å²) in [5.74, 6) is -1.70. The van der Waals surface area contributed by atoms with Crippen molar-refractivity contribution in [2.45, 2.75) is 26.8 Å². The molecule has 1 saturated heterocycles. The molecule has 2 heterocycles. The van der Waals surface area contributed by atoms with Crippen LogP contribution in [-0.2, 0) is 16.1 Å². The van der Waals surface area contributed by atoms with E-state index in [9.17, 15) is 14.0 Å². The molecule has 1 aromatic heterocycles. The van der Waals surface area contributed by atoms with Crippen molar-refractivity contribution < 1.29 is 14.0 Å². The van der Waals surface area contributed by atoms with Gasteiger partial charge in [-0.2, -0.15) is 5.10 Å². The normalized spacial score (nSPS) is 18.1. The molecule has 7 heteroatoms. The van der Waals surface area contributed by atoms with E-state index in [1.165, 1.54) is 12.1 Å². The average molecular weight is 336 g/mol. The number of imide groups is 1. The summed E-state index contributed by atoms with van der Waals surface area (Å²) in [6.45, 7) is 4.12. The van der Waals surface area contributed by atoms with Crippen molar-refractivity contribution in [1.82, 2.24) is 9.78 Å². The Hall–Kier alpha value is -2.21. The first-order chi connectivity index (χ1) is 10.9. The van der Waals surface area contributed by atoms with Crippen LogP contribution in [0.5, 0.6) is 0 Å². The Bertz CT molecular complexity index is 803. The van der Waals surface area contributed by atoms with E-state index in [-0.39, 0.29) is 23.3 Å². The quantitative estimate of drug-likeness (QED) is 0.810. The Balaban J connectivity index is 1.85. The molecular formula is C16H15ClFN3O2. The zero-order chi connectivity index (χ0) is 16.7. The van der Waals surface area contributed by atoms with E-state index in [0.717, 1.165) is 22.4 Å². The zero-order valence-electron chi connectivity index (χ0n) is 12.7. The van der Waals surface area contributed by atoms with Gasteiger partial charge in [0, 0.05) is 12.1 Å². The van der Waals surface area contributed by atoms with Gasteiger partial charge in [0.2, 0.25) is 11.8 Å². The number of aryl methyl sites for hydroxylation is 2. The molecule has 2 aromatic rings. The molecule has 1 aliphatic heterocycles. The first kappa shape index (κ1) is 15.7. The maximum Gasteiger partial charge on any atom is 0.239 e. The molecule has 0 spiro atoms. The maximum atomic E-state index is 13.3. The molecule has 0 unspecified atom stereocenters. The van der Waals surface area contributed by atoms with E-state index in [1.807, 2.05) is 19.9 Å². The second-order valence-electron chi connectivity index (χ2n) is 5.68. The van der Waals surface area contributed by atoms with Gasteiger partial charge in [0.15, 0.2) is 0 Å². The van der Waals surface area contributed by atoms with Crippen LogP contribution in [0.3, 0.4) is 0 Å². The van der Waals surface area contributed by atoms with Crippen LogP contribution in [0, 0.1) is 25.6 Å². The molecule has 1 atom stereocenters. The van der Waals surface area contributed by atoms with Crippen molar-refractivity contribution in [2.75, 3.05) is 4.90 Å². The van der Waals surface area contributed by atoms with Crippen LogP contribution in [0.4, 0.5) is 10.1 Å². The van der Waals surface area contributed by atoms with E-state index in [4.69, 9.17) is 11.6 Å². The van der Waals surface area contributed by atoms with E-state index in [2.05, 4.69) is 5.10 Å². The molecule has 23 heavy (non-hydrogen) atoms. The monoisotopic (exact) mass is 335 g/mol. The molecule has 5 nitrogen and oxygen atoms in total. The lowest BCUT2D eigenvalue weighted by molar-refractivity contribution is -0.122. The highest BCUT2D eigenvalue weighted by molar-refractivity contribution is 6.31. The van der Waals surface area contributed by atoms with Crippen LogP contribution in [0.1, 0.15) is 17.8 Å². The first-order valence-electron chi connectivity index (χ1n) is 7.19. The number of nitrogens with zero attached hydrogens (tertiary/aromatic N) is 3. The highest BCUT2D eigenvalue weighted by Gasteiger charge is 2.40. The SMILES string of the molecule is Cc1cc(C)n(C[C@@H]2CC(=O)N(c3ccc(F)c(Cl)c3)C2=O)n1. The summed E-state index contributed by atoms with van der Waals surface area (Å²) in [4.78, 5) is 25.8. The fourth-order valence-electron chi connectivity index (χ4n) is 2.80. The van der Waals surface area contributed by atoms with Crippen molar-refractivity contribution in [3.8, 4) is 0 Å². The number of amides is 2. The number of halogens is 2. The minimum Gasteiger partial charge on any atom is -0.274 e. The minimum absolute atomic E-state index is 0.103. The van der Waals surface area contributed by atoms with Gasteiger partial charge in [-0.1, -0.05) is 11.6 Å². The number of aromatic nitrogens is 2. The molecule has 3 rings (SSSR count). The van der Waals surface area contributed by atoms with Gasteiger partial charge in [-0.05, 0) is 38.1 Å². The number of carbonyl (C=O) groups is 2. The summed E-state index contributed by atoms with van der Waals surface area (Å²) < 4.78 is 15.0. The van der Waals surface area contributed by atoms with Crippen molar-refractivity contribution in [3.63, 3.8) is 0 Å². The van der Waals surface area contributed by atoms with Crippen LogP contribution >= 0.6 is 11.6 Å². The smallest absolute Gasteiger partial charge is 0.239 e. The Morgan fingerprint density at radius 2 is 2.04 bits per heavy atom. The van der Waals surface area contributed by atoms with Crippen LogP contribution < -0.4 is 4.90 Å². The van der Waals surface area contributed by atoms with Crippen molar-refractivity contribution in [3.05, 3.63) is 46.5 Å². The maximum absolute atomic E-state index is 13.3. The predicted octanol–water partition coefficient (Wildman–Crippen LogP) is 2.87. The van der Waals surface area contributed by atoms with Crippen LogP contribution in [0.25, 0.3) is 0 Å². The molecule has 0 aliphatic carbocycles. The predicted molar refractivity (Wildman–Crippen MR) is 83.7 cm³/mol. The molecule has 1 aliphatic rings. The van der Waals surface area contributed by atoms with Gasteiger partial charge in [0.1, 0.15) is 5.82 Å². The fraction of sp³-hybridized carbons (Fsp3) is 0.312. The third kappa shape index (κ3) is 2.86. The number of carbonyl (C=O) groups excluding carboxylic acids is 2. The summed E-state index contributed by atoms with van der Waals surface area (Å²) in [5, 5.41) is 4.20. The van der Waals surface area contributed by atoms with Gasteiger partial charge >= 0.3 is 0 Å². The molecule has 1 aromatic carbocycles. The highest BCUT2D eigenvalue weighted by atomic mass is 35.5. The Labute approximate surface area is 137 Å². The van der Waals surface area contributed by atoms with Gasteiger partial charge in [0.25, 0.3) is 0 Å². The van der Waals surface area contributed by atoms with Crippen molar-refractivity contribution in [1.29, 1.82) is 0 Å². The Morgan fingerprint density at radius 3 is 2.65 bits per heavy atom. The molecule has 2 amide bonds. The minimum atomic E-state index is -0.589. The van der Waals surface area contributed by atoms with E-state index >= 15 is 0 Å². The van der Waals surface area contributed by atoms with E-state index < -0.39 is 11.7 Å². The first-order valence-corrected chi connectivity index (χ1v) is 7.57. The van der Waals surface area contributed by atoms with Crippen molar-refractivity contribution >= 4 is 29.1 Å². The van der Waals surface area contributed by atoms with Gasteiger partial charge in [0.05, 0.1) is 28.9 Å². The molecule has 0 N–H and O–H groups in total. The topological polar surface area (TPSA) is 55.2 Å². The van der Waals surface area contributed by atoms with Crippen LogP contribution in [0.2, 0.25) is 5.02 Å². The number of rotatable bonds is 3. The van der Waals surface area contributed by atoms with Crippen molar-refractivity contribution in [2.24, 2.45) is 5.92 Å². The number of benzene rings is 1. The fourth-order valence-corrected chi connectivity index (χ4v) is 2.98. The number of hydrogen-bond donors (Lipinski definition) is 0. The molecule has 0 bridgehead atoms. The lowest BCUT2D eigenvalue weighted by atomic mass is 10.1. The van der Waals surface area contributed by atoms with Gasteiger partial charge < -0.3 is 0 Å². The largest absolute Gasteiger partial charge is 0.274 e. The second kappa shape index (κ2) is 5.77. The molecular weight excluding hydrogens is 321 g/mol. The number of anilines is 1. The van der Waals surface area contributed by atoms with Crippen LogP contribution in [0.15, 0.2) is 24.3 Å². The van der Waals surface area contributed by atoms with E-state index in [1.54, 1.807) is 4.68 Å².